The number of alkyl halides is 1. The van der Waals surface area contributed by atoms with Crippen LogP contribution < -0.4 is 5.32 Å². The van der Waals surface area contributed by atoms with Gasteiger partial charge < -0.3 is 5.32 Å². The molecule has 0 rings (SSSR count). The maximum atomic E-state index is 11.7. The van der Waals surface area contributed by atoms with E-state index in [0.717, 1.165) is 0 Å². The van der Waals surface area contributed by atoms with Crippen LogP contribution in [0.5, 0.6) is 0 Å². The average Bonchev–Trinajstić information content (AvgIpc) is 2.01. The summed E-state index contributed by atoms with van der Waals surface area (Å²) in [5, 5.41) is 3.29. The molecule has 0 aromatic carbocycles. The third-order valence-corrected chi connectivity index (χ3v) is 2.12. The van der Waals surface area contributed by atoms with E-state index in [4.69, 9.17) is 0 Å². The summed E-state index contributed by atoms with van der Waals surface area (Å²) in [4.78, 5) is 24.6. The second kappa shape index (κ2) is 6.82. The molecule has 4 nitrogen and oxygen atoms in total. The van der Waals surface area contributed by atoms with Gasteiger partial charge in [0, 0.05) is 23.8 Å². The van der Waals surface area contributed by atoms with Crippen LogP contribution in [0.1, 0.15) is 34.1 Å². The first-order valence-corrected chi connectivity index (χ1v) is 6.20. The number of nitrogens with one attached hydrogen (secondary N) is 1. The van der Waals surface area contributed by atoms with Crippen LogP contribution in [0.4, 0.5) is 4.79 Å². The highest BCUT2D eigenvalue weighted by Gasteiger charge is 2.23. The first-order chi connectivity index (χ1) is 6.90. The molecule has 5 heteroatoms. The van der Waals surface area contributed by atoms with Crippen LogP contribution in [0.3, 0.4) is 0 Å². The van der Waals surface area contributed by atoms with Gasteiger partial charge in [-0.15, -0.1) is 0 Å². The van der Waals surface area contributed by atoms with Crippen LogP contribution in [0.2, 0.25) is 0 Å². The molecule has 0 spiro atoms. The molecule has 3 amide bonds. The van der Waals surface area contributed by atoms with Crippen molar-refractivity contribution in [1.82, 2.24) is 10.2 Å². The Morgan fingerprint density at radius 3 is 2.13 bits per heavy atom. The molecular weight excluding hydrogens is 260 g/mol. The van der Waals surface area contributed by atoms with E-state index in [1.54, 1.807) is 0 Å². The van der Waals surface area contributed by atoms with E-state index in [2.05, 4.69) is 21.2 Å². The van der Waals surface area contributed by atoms with Gasteiger partial charge in [0.15, 0.2) is 0 Å². The van der Waals surface area contributed by atoms with Crippen molar-refractivity contribution in [2.45, 2.75) is 46.2 Å². The smallest absolute Gasteiger partial charge is 0.324 e. The number of nitrogens with zero attached hydrogens (tertiary/aromatic N) is 1. The van der Waals surface area contributed by atoms with Crippen molar-refractivity contribution in [3.8, 4) is 0 Å². The van der Waals surface area contributed by atoms with Gasteiger partial charge in [-0.2, -0.15) is 0 Å². The molecule has 0 unspecified atom stereocenters. The lowest BCUT2D eigenvalue weighted by molar-refractivity contribution is -0.129. The Balaban J connectivity index is 4.52. The number of carbonyl (C=O) groups excluding carboxylic acids is 2. The number of rotatable bonds is 4. The van der Waals surface area contributed by atoms with Crippen LogP contribution >= 0.6 is 15.9 Å². The Kier molecular flexibility index (Phi) is 6.56. The summed E-state index contributed by atoms with van der Waals surface area (Å²) >= 11 is 3.19. The molecular formula is C10H19BrN2O2. The summed E-state index contributed by atoms with van der Waals surface area (Å²) < 4.78 is 0. The van der Waals surface area contributed by atoms with E-state index in [-0.39, 0.29) is 24.0 Å². The summed E-state index contributed by atoms with van der Waals surface area (Å²) in [5.41, 5.74) is 0. The van der Waals surface area contributed by atoms with E-state index < -0.39 is 0 Å². The molecule has 0 aromatic rings. The molecule has 0 heterocycles. The quantitative estimate of drug-likeness (QED) is 0.801. The molecule has 0 aliphatic rings. The number of imide groups is 1. The molecule has 0 aromatic heterocycles. The molecule has 88 valence electrons. The second-order valence-corrected chi connectivity index (χ2v) is 4.69. The van der Waals surface area contributed by atoms with Gasteiger partial charge in [-0.3, -0.25) is 9.69 Å². The SMILES string of the molecule is CC(C)NC(=O)N(C(=O)CCBr)C(C)C. The molecule has 15 heavy (non-hydrogen) atoms. The topological polar surface area (TPSA) is 49.4 Å². The van der Waals surface area contributed by atoms with Crippen molar-refractivity contribution in [3.05, 3.63) is 0 Å². The normalized spacial score (nSPS) is 10.6. The highest BCUT2D eigenvalue weighted by Crippen LogP contribution is 2.04. The van der Waals surface area contributed by atoms with Gasteiger partial charge >= 0.3 is 6.03 Å². The fraction of sp³-hybridized carbons (Fsp3) is 0.800. The molecule has 1 N–H and O–H groups in total. The van der Waals surface area contributed by atoms with Gasteiger partial charge in [0.1, 0.15) is 0 Å². The van der Waals surface area contributed by atoms with E-state index >= 15 is 0 Å². The maximum Gasteiger partial charge on any atom is 0.324 e. The molecule has 0 fully saturated rings. The minimum absolute atomic E-state index is 0.0375. The summed E-state index contributed by atoms with van der Waals surface area (Å²) in [6.07, 6.45) is 0.337. The number of hydrogen-bond acceptors (Lipinski definition) is 2. The zero-order valence-electron chi connectivity index (χ0n) is 9.71. The lowest BCUT2D eigenvalue weighted by Gasteiger charge is -2.25. The Hall–Kier alpha value is -0.580. The maximum absolute atomic E-state index is 11.7. The number of urea groups is 1. The van der Waals surface area contributed by atoms with Crippen molar-refractivity contribution < 1.29 is 9.59 Å². The number of hydrogen-bond donors (Lipinski definition) is 1. The molecule has 0 aliphatic carbocycles. The standard InChI is InChI=1S/C10H19BrN2O2/c1-7(2)12-10(15)13(8(3)4)9(14)5-6-11/h7-8H,5-6H2,1-4H3,(H,12,15). The van der Waals surface area contributed by atoms with Crippen molar-refractivity contribution in [3.63, 3.8) is 0 Å². The second-order valence-electron chi connectivity index (χ2n) is 3.90. The minimum Gasteiger partial charge on any atom is -0.335 e. The Labute approximate surface area is 99.5 Å². The summed E-state index contributed by atoms with van der Waals surface area (Å²) in [6.45, 7) is 7.38. The molecule has 0 saturated carbocycles. The van der Waals surface area contributed by atoms with Gasteiger partial charge in [0.05, 0.1) is 0 Å². The first-order valence-electron chi connectivity index (χ1n) is 5.08. The predicted octanol–water partition coefficient (Wildman–Crippen LogP) is 2.13. The Morgan fingerprint density at radius 2 is 1.80 bits per heavy atom. The van der Waals surface area contributed by atoms with E-state index in [9.17, 15) is 9.59 Å². The van der Waals surface area contributed by atoms with Gasteiger partial charge in [0.25, 0.3) is 0 Å². The van der Waals surface area contributed by atoms with E-state index in [1.807, 2.05) is 27.7 Å². The Bertz CT molecular complexity index is 229. The van der Waals surface area contributed by atoms with Crippen LogP contribution in [0, 0.1) is 0 Å². The Morgan fingerprint density at radius 1 is 1.27 bits per heavy atom. The van der Waals surface area contributed by atoms with Crippen molar-refractivity contribution in [2.24, 2.45) is 0 Å². The van der Waals surface area contributed by atoms with Crippen molar-refractivity contribution in [1.29, 1.82) is 0 Å². The van der Waals surface area contributed by atoms with Gasteiger partial charge in [-0.05, 0) is 27.7 Å². The van der Waals surface area contributed by atoms with Gasteiger partial charge in [0.2, 0.25) is 5.91 Å². The zero-order chi connectivity index (χ0) is 12.0. The fourth-order valence-corrected chi connectivity index (χ4v) is 1.49. The van der Waals surface area contributed by atoms with Gasteiger partial charge in [-0.25, -0.2) is 4.79 Å². The van der Waals surface area contributed by atoms with Crippen LogP contribution in [0.15, 0.2) is 0 Å². The van der Waals surface area contributed by atoms with Crippen molar-refractivity contribution >= 4 is 27.9 Å². The molecule has 0 aliphatic heterocycles. The highest BCUT2D eigenvalue weighted by molar-refractivity contribution is 9.09. The molecule has 0 saturated heterocycles. The van der Waals surface area contributed by atoms with Crippen LogP contribution in [0.25, 0.3) is 0 Å². The van der Waals surface area contributed by atoms with E-state index in [1.165, 1.54) is 4.90 Å². The first kappa shape index (κ1) is 14.4. The largest absolute Gasteiger partial charge is 0.335 e. The van der Waals surface area contributed by atoms with Crippen molar-refractivity contribution in [2.75, 3.05) is 5.33 Å². The average molecular weight is 279 g/mol. The minimum atomic E-state index is -0.314. The number of amides is 3. The summed E-state index contributed by atoms with van der Waals surface area (Å²) in [6, 6.07) is -0.392. The van der Waals surface area contributed by atoms with E-state index in [0.29, 0.717) is 11.8 Å². The summed E-state index contributed by atoms with van der Waals surface area (Å²) in [5.74, 6) is -0.153. The van der Waals surface area contributed by atoms with Gasteiger partial charge in [-0.1, -0.05) is 15.9 Å². The van der Waals surface area contributed by atoms with Crippen LogP contribution in [-0.2, 0) is 4.79 Å². The third-order valence-electron chi connectivity index (χ3n) is 1.72. The summed E-state index contributed by atoms with van der Waals surface area (Å²) in [7, 11) is 0. The molecule has 0 atom stereocenters. The lowest BCUT2D eigenvalue weighted by Crippen LogP contribution is -2.49. The highest BCUT2D eigenvalue weighted by atomic mass is 79.9. The monoisotopic (exact) mass is 278 g/mol. The molecule has 0 radical (unpaired) electrons. The zero-order valence-corrected chi connectivity index (χ0v) is 11.3. The predicted molar refractivity (Wildman–Crippen MR) is 64.1 cm³/mol. The molecule has 0 bridgehead atoms. The fourth-order valence-electron chi connectivity index (χ4n) is 1.15. The lowest BCUT2D eigenvalue weighted by atomic mass is 10.3. The van der Waals surface area contributed by atoms with Crippen LogP contribution in [-0.4, -0.2) is 34.3 Å². The third kappa shape index (κ3) is 5.16. The number of carbonyl (C=O) groups is 2. The number of halogens is 1.